The highest BCUT2D eigenvalue weighted by Crippen LogP contribution is 2.25. The van der Waals surface area contributed by atoms with Crippen molar-refractivity contribution in [1.82, 2.24) is 4.90 Å². The summed E-state index contributed by atoms with van der Waals surface area (Å²) in [6.07, 6.45) is -0.902. The Bertz CT molecular complexity index is 677. The van der Waals surface area contributed by atoms with E-state index in [-0.39, 0.29) is 18.4 Å². The van der Waals surface area contributed by atoms with Crippen LogP contribution in [-0.4, -0.2) is 28.4 Å². The van der Waals surface area contributed by atoms with Crippen molar-refractivity contribution in [3.05, 3.63) is 69.7 Å². The van der Waals surface area contributed by atoms with E-state index in [0.717, 1.165) is 9.37 Å². The Labute approximate surface area is 130 Å². The Morgan fingerprint density at radius 3 is 2.00 bits per heavy atom. The minimum absolute atomic E-state index is 0.0476. The van der Waals surface area contributed by atoms with Crippen molar-refractivity contribution < 1.29 is 14.7 Å². The zero-order chi connectivity index (χ0) is 15.0. The molecule has 0 aromatic heterocycles. The van der Waals surface area contributed by atoms with Crippen LogP contribution >= 0.6 is 15.9 Å². The number of halogens is 1. The van der Waals surface area contributed by atoms with E-state index >= 15 is 0 Å². The van der Waals surface area contributed by atoms with Crippen LogP contribution in [0, 0.1) is 0 Å². The van der Waals surface area contributed by atoms with Crippen LogP contribution < -0.4 is 0 Å². The first-order chi connectivity index (χ1) is 10.1. The molecule has 0 unspecified atom stereocenters. The number of nitrogens with zero attached hydrogens (tertiary/aromatic N) is 1. The molecular weight excluding hydrogens is 334 g/mol. The molecular formula is C16H12BrNO3. The van der Waals surface area contributed by atoms with E-state index in [9.17, 15) is 14.7 Å². The summed E-state index contributed by atoms with van der Waals surface area (Å²) >= 11 is 3.32. The highest BCUT2D eigenvalue weighted by molar-refractivity contribution is 9.10. The average molecular weight is 346 g/mol. The molecule has 0 bridgehead atoms. The zero-order valence-corrected chi connectivity index (χ0v) is 12.6. The molecule has 5 heteroatoms. The number of β-amino-alcohol motifs (C(OH)–C–C–N with tert-alkyl or cyclic N) is 1. The molecule has 2 aromatic carbocycles. The van der Waals surface area contributed by atoms with Crippen LogP contribution in [0.25, 0.3) is 0 Å². The zero-order valence-electron chi connectivity index (χ0n) is 11.0. The van der Waals surface area contributed by atoms with Gasteiger partial charge in [0, 0.05) is 4.47 Å². The molecule has 0 saturated carbocycles. The van der Waals surface area contributed by atoms with E-state index < -0.39 is 6.10 Å². The van der Waals surface area contributed by atoms with Crippen molar-refractivity contribution in [2.75, 3.05) is 6.54 Å². The quantitative estimate of drug-likeness (QED) is 0.870. The summed E-state index contributed by atoms with van der Waals surface area (Å²) in [6, 6.07) is 13.8. The Hall–Kier alpha value is -1.98. The highest BCUT2D eigenvalue weighted by Gasteiger charge is 2.36. The van der Waals surface area contributed by atoms with Gasteiger partial charge in [-0.15, -0.1) is 0 Å². The molecule has 0 saturated heterocycles. The van der Waals surface area contributed by atoms with E-state index in [1.54, 1.807) is 48.5 Å². The number of hydrogen-bond acceptors (Lipinski definition) is 3. The lowest BCUT2D eigenvalue weighted by Gasteiger charge is -2.18. The standard InChI is InChI=1S/C16H12BrNO3/c17-11-7-5-10(6-8-11)14(19)9-18-15(20)12-3-1-2-4-13(12)16(18)21/h1-8,14,19H,9H2/t14-/m0/s1. The van der Waals surface area contributed by atoms with Crippen molar-refractivity contribution in [1.29, 1.82) is 0 Å². The average Bonchev–Trinajstić information content (AvgIpc) is 2.73. The van der Waals surface area contributed by atoms with Gasteiger partial charge in [0.2, 0.25) is 0 Å². The predicted molar refractivity (Wildman–Crippen MR) is 80.9 cm³/mol. The second-order valence-corrected chi connectivity index (χ2v) is 5.75. The molecule has 1 heterocycles. The number of rotatable bonds is 3. The lowest BCUT2D eigenvalue weighted by molar-refractivity contribution is 0.0543. The molecule has 1 N–H and O–H groups in total. The normalized spacial score (nSPS) is 15.2. The minimum atomic E-state index is -0.902. The van der Waals surface area contributed by atoms with E-state index in [4.69, 9.17) is 0 Å². The molecule has 0 radical (unpaired) electrons. The Balaban J connectivity index is 1.82. The van der Waals surface area contributed by atoms with Gasteiger partial charge in [0.1, 0.15) is 0 Å². The van der Waals surface area contributed by atoms with Crippen molar-refractivity contribution >= 4 is 27.7 Å². The Morgan fingerprint density at radius 2 is 1.48 bits per heavy atom. The fourth-order valence-corrected chi connectivity index (χ4v) is 2.63. The van der Waals surface area contributed by atoms with Gasteiger partial charge in [-0.1, -0.05) is 40.2 Å². The molecule has 21 heavy (non-hydrogen) atoms. The maximum Gasteiger partial charge on any atom is 0.261 e. The van der Waals surface area contributed by atoms with E-state index in [2.05, 4.69) is 15.9 Å². The van der Waals surface area contributed by atoms with Crippen molar-refractivity contribution in [2.24, 2.45) is 0 Å². The Morgan fingerprint density at radius 1 is 0.952 bits per heavy atom. The van der Waals surface area contributed by atoms with E-state index in [1.165, 1.54) is 0 Å². The van der Waals surface area contributed by atoms with Gasteiger partial charge >= 0.3 is 0 Å². The maximum atomic E-state index is 12.2. The number of fused-ring (bicyclic) bond motifs is 1. The van der Waals surface area contributed by atoms with Crippen LogP contribution in [0.2, 0.25) is 0 Å². The maximum absolute atomic E-state index is 12.2. The van der Waals surface area contributed by atoms with Crippen LogP contribution in [0.5, 0.6) is 0 Å². The molecule has 0 spiro atoms. The number of aliphatic hydroxyl groups excluding tert-OH is 1. The molecule has 0 aliphatic carbocycles. The minimum Gasteiger partial charge on any atom is -0.387 e. The molecule has 2 amide bonds. The van der Waals surface area contributed by atoms with Crippen LogP contribution in [0.4, 0.5) is 0 Å². The summed E-state index contributed by atoms with van der Waals surface area (Å²) in [7, 11) is 0. The summed E-state index contributed by atoms with van der Waals surface area (Å²) < 4.78 is 0.902. The number of aliphatic hydroxyl groups is 1. The third kappa shape index (κ3) is 2.50. The van der Waals surface area contributed by atoms with Crippen LogP contribution in [-0.2, 0) is 0 Å². The van der Waals surface area contributed by atoms with Gasteiger partial charge in [-0.25, -0.2) is 0 Å². The van der Waals surface area contributed by atoms with Crippen LogP contribution in [0.1, 0.15) is 32.4 Å². The second kappa shape index (κ2) is 5.42. The monoisotopic (exact) mass is 345 g/mol. The van der Waals surface area contributed by atoms with Gasteiger partial charge < -0.3 is 5.11 Å². The molecule has 1 aliphatic rings. The molecule has 1 aliphatic heterocycles. The third-order valence-corrected chi connectivity index (χ3v) is 4.02. The summed E-state index contributed by atoms with van der Waals surface area (Å²) in [5, 5.41) is 10.2. The SMILES string of the molecule is O=C1c2ccccc2C(=O)N1C[C@H](O)c1ccc(Br)cc1. The fraction of sp³-hybridized carbons (Fsp3) is 0.125. The lowest BCUT2D eigenvalue weighted by Crippen LogP contribution is -2.33. The lowest BCUT2D eigenvalue weighted by atomic mass is 10.1. The predicted octanol–water partition coefficient (Wildman–Crippen LogP) is 2.78. The molecule has 106 valence electrons. The van der Waals surface area contributed by atoms with Gasteiger partial charge in [0.05, 0.1) is 23.8 Å². The largest absolute Gasteiger partial charge is 0.387 e. The van der Waals surface area contributed by atoms with Gasteiger partial charge in [0.25, 0.3) is 11.8 Å². The summed E-state index contributed by atoms with van der Waals surface area (Å²) in [6.45, 7) is -0.0476. The number of imide groups is 1. The molecule has 3 rings (SSSR count). The van der Waals surface area contributed by atoms with Gasteiger partial charge in [-0.05, 0) is 29.8 Å². The first-order valence-electron chi connectivity index (χ1n) is 6.46. The molecule has 0 fully saturated rings. The smallest absolute Gasteiger partial charge is 0.261 e. The fourth-order valence-electron chi connectivity index (χ4n) is 2.37. The van der Waals surface area contributed by atoms with Gasteiger partial charge in [-0.3, -0.25) is 14.5 Å². The summed E-state index contributed by atoms with van der Waals surface area (Å²) in [5.74, 6) is -0.710. The first-order valence-corrected chi connectivity index (χ1v) is 7.26. The number of hydrogen-bond donors (Lipinski definition) is 1. The number of carbonyl (C=O) groups is 2. The van der Waals surface area contributed by atoms with Crippen molar-refractivity contribution in [3.8, 4) is 0 Å². The van der Waals surface area contributed by atoms with E-state index in [1.807, 2.05) is 0 Å². The van der Waals surface area contributed by atoms with Gasteiger partial charge in [-0.2, -0.15) is 0 Å². The molecule has 4 nitrogen and oxygen atoms in total. The van der Waals surface area contributed by atoms with Gasteiger partial charge in [0.15, 0.2) is 0 Å². The first kappa shape index (κ1) is 14.0. The van der Waals surface area contributed by atoms with Crippen molar-refractivity contribution in [3.63, 3.8) is 0 Å². The number of amides is 2. The van der Waals surface area contributed by atoms with Crippen LogP contribution in [0.3, 0.4) is 0 Å². The topological polar surface area (TPSA) is 57.6 Å². The molecule has 1 atom stereocenters. The summed E-state index contributed by atoms with van der Waals surface area (Å²) in [4.78, 5) is 25.5. The van der Waals surface area contributed by atoms with E-state index in [0.29, 0.717) is 16.7 Å². The summed E-state index contributed by atoms with van der Waals surface area (Å²) in [5.41, 5.74) is 1.45. The molecule has 2 aromatic rings. The van der Waals surface area contributed by atoms with Crippen LogP contribution in [0.15, 0.2) is 53.0 Å². The number of carbonyl (C=O) groups excluding carboxylic acids is 2. The Kier molecular flexibility index (Phi) is 3.61. The third-order valence-electron chi connectivity index (χ3n) is 3.49. The highest BCUT2D eigenvalue weighted by atomic mass is 79.9. The van der Waals surface area contributed by atoms with Crippen molar-refractivity contribution in [2.45, 2.75) is 6.10 Å². The second-order valence-electron chi connectivity index (χ2n) is 4.83. The number of benzene rings is 2.